The average molecular weight is 173 g/mol. The summed E-state index contributed by atoms with van der Waals surface area (Å²) in [5.74, 6) is -1.65. The molecule has 5 heteroatoms. The first kappa shape index (κ1) is 8.86. The SMILES string of the molecule is CC1(C)OC(CO)=C(C(N)=O)O1. The van der Waals surface area contributed by atoms with Crippen molar-refractivity contribution in [2.24, 2.45) is 5.73 Å². The van der Waals surface area contributed by atoms with Gasteiger partial charge in [0.2, 0.25) is 11.5 Å². The first-order valence-corrected chi connectivity index (χ1v) is 3.48. The Balaban J connectivity index is 2.88. The number of nitrogens with two attached hydrogens (primary N) is 1. The van der Waals surface area contributed by atoms with Crippen molar-refractivity contribution in [2.45, 2.75) is 19.6 Å². The summed E-state index contributed by atoms with van der Waals surface area (Å²) < 4.78 is 10.1. The van der Waals surface area contributed by atoms with Gasteiger partial charge in [0.1, 0.15) is 6.61 Å². The molecule has 0 aliphatic carbocycles. The molecule has 0 aromatic heterocycles. The van der Waals surface area contributed by atoms with E-state index in [4.69, 9.17) is 20.3 Å². The molecule has 12 heavy (non-hydrogen) atoms. The molecule has 0 unspecified atom stereocenters. The van der Waals surface area contributed by atoms with Crippen LogP contribution >= 0.6 is 0 Å². The van der Waals surface area contributed by atoms with Gasteiger partial charge in [0.25, 0.3) is 5.91 Å². The van der Waals surface area contributed by atoms with E-state index in [1.165, 1.54) is 0 Å². The fourth-order valence-corrected chi connectivity index (χ4v) is 0.958. The predicted octanol–water partition coefficient (Wildman–Crippen LogP) is -0.542. The van der Waals surface area contributed by atoms with Crippen LogP contribution in [-0.4, -0.2) is 23.4 Å². The Bertz CT molecular complexity index is 244. The molecule has 1 amide bonds. The number of hydrogen-bond donors (Lipinski definition) is 2. The molecule has 0 aromatic carbocycles. The highest BCUT2D eigenvalue weighted by Gasteiger charge is 2.36. The molecular weight excluding hydrogens is 162 g/mol. The van der Waals surface area contributed by atoms with E-state index >= 15 is 0 Å². The molecule has 0 spiro atoms. The number of aliphatic hydroxyl groups excluding tert-OH is 1. The van der Waals surface area contributed by atoms with Gasteiger partial charge < -0.3 is 20.3 Å². The summed E-state index contributed by atoms with van der Waals surface area (Å²) in [4.78, 5) is 10.7. The van der Waals surface area contributed by atoms with Crippen LogP contribution in [0.5, 0.6) is 0 Å². The number of aliphatic hydroxyl groups is 1. The number of carbonyl (C=O) groups is 1. The molecule has 68 valence electrons. The van der Waals surface area contributed by atoms with Crippen LogP contribution in [0.4, 0.5) is 0 Å². The minimum atomic E-state index is -0.914. The molecule has 1 rings (SSSR count). The van der Waals surface area contributed by atoms with Gasteiger partial charge in [-0.05, 0) is 0 Å². The highest BCUT2D eigenvalue weighted by molar-refractivity contribution is 5.90. The molecule has 3 N–H and O–H groups in total. The van der Waals surface area contributed by atoms with Crippen molar-refractivity contribution in [3.05, 3.63) is 11.5 Å². The van der Waals surface area contributed by atoms with Crippen LogP contribution < -0.4 is 5.73 Å². The lowest BCUT2D eigenvalue weighted by Gasteiger charge is -2.17. The minimum absolute atomic E-state index is 0.0903. The molecule has 5 nitrogen and oxygen atoms in total. The maximum absolute atomic E-state index is 10.7. The zero-order chi connectivity index (χ0) is 9.35. The van der Waals surface area contributed by atoms with Gasteiger partial charge in [0.05, 0.1) is 0 Å². The van der Waals surface area contributed by atoms with Crippen LogP contribution in [0, 0.1) is 0 Å². The third kappa shape index (κ3) is 1.50. The summed E-state index contributed by atoms with van der Waals surface area (Å²) in [6.45, 7) is 2.86. The van der Waals surface area contributed by atoms with Crippen molar-refractivity contribution < 1.29 is 19.4 Å². The summed E-state index contributed by atoms with van der Waals surface area (Å²) in [6.07, 6.45) is 0. The first-order valence-electron chi connectivity index (χ1n) is 3.48. The van der Waals surface area contributed by atoms with Gasteiger partial charge in [-0.25, -0.2) is 0 Å². The topological polar surface area (TPSA) is 81.8 Å². The molecule has 0 aromatic rings. The zero-order valence-corrected chi connectivity index (χ0v) is 6.96. The number of amides is 1. The third-order valence-electron chi connectivity index (χ3n) is 1.34. The van der Waals surface area contributed by atoms with Crippen molar-refractivity contribution in [3.63, 3.8) is 0 Å². The molecule has 0 fully saturated rings. The molecule has 1 aliphatic heterocycles. The first-order chi connectivity index (χ1) is 5.46. The maximum atomic E-state index is 10.7. The second-order valence-corrected chi connectivity index (χ2v) is 2.88. The van der Waals surface area contributed by atoms with Gasteiger partial charge in [-0.2, -0.15) is 0 Å². The normalized spacial score (nSPS) is 20.2. The molecule has 0 atom stereocenters. The lowest BCUT2D eigenvalue weighted by Crippen LogP contribution is -2.23. The number of ether oxygens (including phenoxy) is 2. The van der Waals surface area contributed by atoms with Crippen LogP contribution in [0.3, 0.4) is 0 Å². The fraction of sp³-hybridized carbons (Fsp3) is 0.571. The van der Waals surface area contributed by atoms with Gasteiger partial charge in [-0.3, -0.25) is 4.79 Å². The number of carbonyl (C=O) groups excluding carboxylic acids is 1. The van der Waals surface area contributed by atoms with Gasteiger partial charge in [-0.15, -0.1) is 0 Å². The van der Waals surface area contributed by atoms with Crippen molar-refractivity contribution >= 4 is 5.91 Å². The molecule has 0 saturated carbocycles. The monoisotopic (exact) mass is 173 g/mol. The van der Waals surface area contributed by atoms with Gasteiger partial charge in [0, 0.05) is 13.8 Å². The summed E-state index contributed by atoms with van der Waals surface area (Å²) >= 11 is 0. The van der Waals surface area contributed by atoms with E-state index in [9.17, 15) is 4.79 Å². The van der Waals surface area contributed by atoms with Crippen molar-refractivity contribution in [3.8, 4) is 0 Å². The van der Waals surface area contributed by atoms with E-state index in [2.05, 4.69) is 0 Å². The molecule has 1 aliphatic rings. The number of hydrogen-bond acceptors (Lipinski definition) is 4. The minimum Gasteiger partial charge on any atom is -0.451 e. The number of primary amides is 1. The van der Waals surface area contributed by atoms with E-state index in [0.29, 0.717) is 0 Å². The molecule has 1 heterocycles. The van der Waals surface area contributed by atoms with E-state index in [-0.39, 0.29) is 18.1 Å². The second-order valence-electron chi connectivity index (χ2n) is 2.88. The third-order valence-corrected chi connectivity index (χ3v) is 1.34. The van der Waals surface area contributed by atoms with Crippen LogP contribution in [0.1, 0.15) is 13.8 Å². The Morgan fingerprint density at radius 1 is 1.58 bits per heavy atom. The summed E-state index contributed by atoms with van der Waals surface area (Å²) in [5, 5.41) is 8.75. The quantitative estimate of drug-likeness (QED) is 0.587. The highest BCUT2D eigenvalue weighted by atomic mass is 16.7. The molecule has 0 bridgehead atoms. The molecule has 0 saturated heterocycles. The van der Waals surface area contributed by atoms with Crippen molar-refractivity contribution in [1.29, 1.82) is 0 Å². The Labute approximate surface area is 69.8 Å². The van der Waals surface area contributed by atoms with Crippen LogP contribution in [0.25, 0.3) is 0 Å². The summed E-state index contributed by atoms with van der Waals surface area (Å²) in [7, 11) is 0. The van der Waals surface area contributed by atoms with Gasteiger partial charge in [-0.1, -0.05) is 0 Å². The predicted molar refractivity (Wildman–Crippen MR) is 39.6 cm³/mol. The van der Waals surface area contributed by atoms with Gasteiger partial charge in [0.15, 0.2) is 5.76 Å². The van der Waals surface area contributed by atoms with Crippen molar-refractivity contribution in [1.82, 2.24) is 0 Å². The van der Waals surface area contributed by atoms with E-state index in [1.54, 1.807) is 13.8 Å². The largest absolute Gasteiger partial charge is 0.451 e. The highest BCUT2D eigenvalue weighted by Crippen LogP contribution is 2.29. The van der Waals surface area contributed by atoms with Crippen molar-refractivity contribution in [2.75, 3.05) is 6.61 Å². The number of rotatable bonds is 2. The standard InChI is InChI=1S/C7H11NO4/c1-7(2)11-4(3-9)5(12-7)6(8)10/h9H,3H2,1-2H3,(H2,8,10). The average Bonchev–Trinajstić information content (AvgIpc) is 2.25. The van der Waals surface area contributed by atoms with E-state index in [0.717, 1.165) is 0 Å². The summed E-state index contributed by atoms with van der Waals surface area (Å²) in [6, 6.07) is 0. The van der Waals surface area contributed by atoms with Gasteiger partial charge >= 0.3 is 0 Å². The van der Waals surface area contributed by atoms with Crippen LogP contribution in [0.2, 0.25) is 0 Å². The summed E-state index contributed by atoms with van der Waals surface area (Å²) in [5.41, 5.74) is 4.97. The lowest BCUT2D eigenvalue weighted by molar-refractivity contribution is -0.138. The van der Waals surface area contributed by atoms with E-state index < -0.39 is 11.7 Å². The molecular formula is C7H11NO4. The van der Waals surface area contributed by atoms with Crippen LogP contribution in [-0.2, 0) is 14.3 Å². The van der Waals surface area contributed by atoms with Crippen LogP contribution in [0.15, 0.2) is 11.5 Å². The maximum Gasteiger partial charge on any atom is 0.287 e. The smallest absolute Gasteiger partial charge is 0.287 e. The fourth-order valence-electron chi connectivity index (χ4n) is 0.958. The lowest BCUT2D eigenvalue weighted by atomic mass is 10.4. The Morgan fingerprint density at radius 3 is 2.50 bits per heavy atom. The zero-order valence-electron chi connectivity index (χ0n) is 6.96. The van der Waals surface area contributed by atoms with E-state index in [1.807, 2.05) is 0 Å². The Kier molecular flexibility index (Phi) is 1.97. The Morgan fingerprint density at radius 2 is 2.17 bits per heavy atom. The second kappa shape index (κ2) is 2.67. The molecule has 0 radical (unpaired) electrons. The Hall–Kier alpha value is -1.23.